The molecule has 0 atom stereocenters. The number of pyridine rings is 1. The number of aromatic carboxylic acids is 1. The van der Waals surface area contributed by atoms with Gasteiger partial charge in [-0.2, -0.15) is 9.40 Å². The van der Waals surface area contributed by atoms with Crippen LogP contribution in [0.5, 0.6) is 0 Å². The number of amides is 2. The minimum absolute atomic E-state index is 0.00161. The van der Waals surface area contributed by atoms with Crippen LogP contribution in [0.25, 0.3) is 5.69 Å². The number of anilines is 1. The Morgan fingerprint density at radius 1 is 1.15 bits per heavy atom. The van der Waals surface area contributed by atoms with Crippen molar-refractivity contribution in [1.29, 1.82) is 0 Å². The molecule has 0 bridgehead atoms. The third-order valence-electron chi connectivity index (χ3n) is 6.24. The number of H-pyrrole nitrogens is 1. The van der Waals surface area contributed by atoms with E-state index in [1.807, 2.05) is 0 Å². The standard InChI is InChI=1S/C24H20FN7O6S/c25-20-17(32-9-2-4-18(32)24(35)36)6-5-14(21(26)33)19(20)23(34)28-22-15-12-31(10-7-16(15)29-30-22)39(37,38)13-3-1-8-27-11-13/h1-6,8-9,11H,7,10,12H2,(H2,26,33)(H,35,36)(H2,28,29,30,34). The molecule has 0 radical (unpaired) electrons. The first kappa shape index (κ1) is 25.7. The average Bonchev–Trinajstić information content (AvgIpc) is 3.56. The van der Waals surface area contributed by atoms with Gasteiger partial charge in [0.05, 0.1) is 16.8 Å². The first-order chi connectivity index (χ1) is 18.6. The zero-order valence-electron chi connectivity index (χ0n) is 20.0. The molecular weight excluding hydrogens is 533 g/mol. The Morgan fingerprint density at radius 2 is 1.95 bits per heavy atom. The van der Waals surface area contributed by atoms with E-state index in [4.69, 9.17) is 5.73 Å². The molecule has 13 nitrogen and oxygen atoms in total. The molecule has 200 valence electrons. The van der Waals surface area contributed by atoms with E-state index in [0.717, 1.165) is 16.7 Å². The second-order valence-corrected chi connectivity index (χ2v) is 10.5. The van der Waals surface area contributed by atoms with Crippen LogP contribution in [-0.2, 0) is 23.0 Å². The van der Waals surface area contributed by atoms with Crippen LogP contribution in [0, 0.1) is 5.82 Å². The maximum Gasteiger partial charge on any atom is 0.352 e. The summed E-state index contributed by atoms with van der Waals surface area (Å²) in [5.41, 5.74) is 4.58. The number of carbonyl (C=O) groups excluding carboxylic acids is 2. The molecule has 1 aromatic carbocycles. The molecule has 15 heteroatoms. The average molecular weight is 554 g/mol. The molecule has 1 aliphatic rings. The zero-order chi connectivity index (χ0) is 27.9. The van der Waals surface area contributed by atoms with Gasteiger partial charge >= 0.3 is 5.97 Å². The molecule has 0 saturated carbocycles. The van der Waals surface area contributed by atoms with Gasteiger partial charge in [0, 0.05) is 49.4 Å². The van der Waals surface area contributed by atoms with Crippen LogP contribution >= 0.6 is 0 Å². The van der Waals surface area contributed by atoms with Crippen LogP contribution in [0.2, 0.25) is 0 Å². The fraction of sp³-hybridized carbons (Fsp3) is 0.125. The Morgan fingerprint density at radius 3 is 2.64 bits per heavy atom. The van der Waals surface area contributed by atoms with Gasteiger partial charge in [-0.15, -0.1) is 0 Å². The van der Waals surface area contributed by atoms with E-state index in [9.17, 15) is 27.9 Å². The Balaban J connectivity index is 1.49. The lowest BCUT2D eigenvalue weighted by molar-refractivity contribution is 0.0687. The van der Waals surface area contributed by atoms with Crippen LogP contribution < -0.4 is 11.1 Å². The summed E-state index contributed by atoms with van der Waals surface area (Å²) < 4.78 is 44.1. The Labute approximate surface area is 220 Å². The van der Waals surface area contributed by atoms with Gasteiger partial charge in [0.25, 0.3) is 5.91 Å². The van der Waals surface area contributed by atoms with Crippen LogP contribution in [0.3, 0.4) is 0 Å². The summed E-state index contributed by atoms with van der Waals surface area (Å²) in [4.78, 5) is 40.7. The maximum absolute atomic E-state index is 15.7. The largest absolute Gasteiger partial charge is 0.477 e. The number of aromatic nitrogens is 4. The summed E-state index contributed by atoms with van der Waals surface area (Å²) >= 11 is 0. The molecule has 0 fully saturated rings. The number of fused-ring (bicyclic) bond motifs is 1. The number of hydrogen-bond acceptors (Lipinski definition) is 7. The molecule has 0 aliphatic carbocycles. The monoisotopic (exact) mass is 553 g/mol. The summed E-state index contributed by atoms with van der Waals surface area (Å²) in [6.07, 6.45) is 4.23. The van der Waals surface area contributed by atoms with Crippen LogP contribution in [0.1, 0.15) is 42.5 Å². The smallest absolute Gasteiger partial charge is 0.352 e. The lowest BCUT2D eigenvalue weighted by Gasteiger charge is -2.26. The van der Waals surface area contributed by atoms with Crippen LogP contribution in [-0.4, -0.2) is 61.9 Å². The van der Waals surface area contributed by atoms with E-state index >= 15 is 4.39 Å². The molecule has 0 spiro atoms. The highest BCUT2D eigenvalue weighted by Crippen LogP contribution is 2.29. The minimum atomic E-state index is -3.90. The number of hydrogen-bond donors (Lipinski definition) is 4. The molecule has 0 unspecified atom stereocenters. The molecule has 0 saturated heterocycles. The van der Waals surface area contributed by atoms with Crippen molar-refractivity contribution in [2.24, 2.45) is 5.73 Å². The number of carbonyl (C=O) groups is 3. The van der Waals surface area contributed by atoms with Crippen LogP contribution in [0.15, 0.2) is 59.9 Å². The number of primary amides is 1. The van der Waals surface area contributed by atoms with E-state index in [-0.39, 0.29) is 41.6 Å². The fourth-order valence-corrected chi connectivity index (χ4v) is 5.71. The molecule has 3 aromatic heterocycles. The van der Waals surface area contributed by atoms with E-state index < -0.39 is 44.8 Å². The predicted octanol–water partition coefficient (Wildman–Crippen LogP) is 1.53. The van der Waals surface area contributed by atoms with E-state index in [1.165, 1.54) is 47.2 Å². The van der Waals surface area contributed by atoms with Crippen molar-refractivity contribution in [1.82, 2.24) is 24.1 Å². The van der Waals surface area contributed by atoms with Crippen LogP contribution in [0.4, 0.5) is 10.2 Å². The first-order valence-electron chi connectivity index (χ1n) is 11.4. The number of sulfonamides is 1. The van der Waals surface area contributed by atoms with Gasteiger partial charge in [-0.25, -0.2) is 17.6 Å². The fourth-order valence-electron chi connectivity index (χ4n) is 4.34. The minimum Gasteiger partial charge on any atom is -0.477 e. The van der Waals surface area contributed by atoms with Crippen molar-refractivity contribution >= 4 is 33.6 Å². The SMILES string of the molecule is NC(=O)c1ccc(-n2cccc2C(=O)O)c(F)c1C(=O)Nc1n[nH]c2c1CN(S(=O)(=O)c1cccnc1)CC2. The van der Waals surface area contributed by atoms with Gasteiger partial charge in [-0.1, -0.05) is 0 Å². The third kappa shape index (κ3) is 4.53. The summed E-state index contributed by atoms with van der Waals surface area (Å²) in [5, 5.41) is 18.6. The zero-order valence-corrected chi connectivity index (χ0v) is 20.8. The number of rotatable bonds is 7. The van der Waals surface area contributed by atoms with Gasteiger partial charge in [-0.05, 0) is 36.4 Å². The van der Waals surface area contributed by atoms with E-state index in [1.54, 1.807) is 0 Å². The Kier molecular flexibility index (Phi) is 6.45. The Hall–Kier alpha value is -4.89. The van der Waals surface area contributed by atoms with Gasteiger partial charge in [0.15, 0.2) is 11.6 Å². The number of aromatic amines is 1. The first-order valence-corrected chi connectivity index (χ1v) is 12.8. The van der Waals surface area contributed by atoms with E-state index in [0.29, 0.717) is 11.3 Å². The van der Waals surface area contributed by atoms with Crippen molar-refractivity contribution in [2.75, 3.05) is 11.9 Å². The van der Waals surface area contributed by atoms with Crippen molar-refractivity contribution in [3.05, 3.63) is 88.9 Å². The van der Waals surface area contributed by atoms with Gasteiger partial charge in [0.1, 0.15) is 10.6 Å². The summed E-state index contributed by atoms with van der Waals surface area (Å²) in [7, 11) is -3.90. The number of nitrogens with two attached hydrogens (primary N) is 1. The van der Waals surface area contributed by atoms with Gasteiger partial charge < -0.3 is 20.7 Å². The van der Waals surface area contributed by atoms with E-state index in [2.05, 4.69) is 20.5 Å². The summed E-state index contributed by atoms with van der Waals surface area (Å²) in [6.45, 7) is 0.000294. The summed E-state index contributed by atoms with van der Waals surface area (Å²) in [5.74, 6) is -4.76. The van der Waals surface area contributed by atoms with Gasteiger partial charge in [0.2, 0.25) is 15.9 Å². The highest BCUT2D eigenvalue weighted by atomic mass is 32.2. The van der Waals surface area contributed by atoms with Crippen molar-refractivity contribution < 1.29 is 32.3 Å². The van der Waals surface area contributed by atoms with Gasteiger partial charge in [-0.3, -0.25) is 19.7 Å². The Bertz CT molecular complexity index is 1730. The quantitative estimate of drug-likeness (QED) is 0.264. The lowest BCUT2D eigenvalue weighted by Crippen LogP contribution is -2.36. The molecule has 5 N–H and O–H groups in total. The number of benzene rings is 1. The molecule has 4 heterocycles. The number of halogens is 1. The summed E-state index contributed by atoms with van der Waals surface area (Å²) in [6, 6.07) is 7.78. The van der Waals surface area contributed by atoms with Crippen molar-refractivity contribution in [3.63, 3.8) is 0 Å². The lowest BCUT2D eigenvalue weighted by atomic mass is 10.0. The third-order valence-corrected chi connectivity index (χ3v) is 8.07. The highest BCUT2D eigenvalue weighted by molar-refractivity contribution is 7.89. The number of nitrogens with zero attached hydrogens (tertiary/aromatic N) is 4. The predicted molar refractivity (Wildman–Crippen MR) is 133 cm³/mol. The second-order valence-electron chi connectivity index (χ2n) is 8.51. The molecule has 4 aromatic rings. The van der Waals surface area contributed by atoms with Crippen molar-refractivity contribution in [2.45, 2.75) is 17.9 Å². The second kappa shape index (κ2) is 9.77. The number of carboxylic acid groups (broad SMARTS) is 1. The normalized spacial score (nSPS) is 13.6. The molecule has 1 aliphatic heterocycles. The number of nitrogens with one attached hydrogen (secondary N) is 2. The molecular formula is C24H20FN7O6S. The topological polar surface area (TPSA) is 193 Å². The molecule has 5 rings (SSSR count). The molecule has 39 heavy (non-hydrogen) atoms. The van der Waals surface area contributed by atoms with Crippen molar-refractivity contribution in [3.8, 4) is 5.69 Å². The maximum atomic E-state index is 15.7. The molecule has 2 amide bonds. The highest BCUT2D eigenvalue weighted by Gasteiger charge is 2.32. The number of carboxylic acids is 1.